The van der Waals surface area contributed by atoms with E-state index in [1.165, 1.54) is 16.5 Å². The first-order valence-corrected chi connectivity index (χ1v) is 8.75. The number of carbonyl (C=O) groups is 1. The number of hydrogen-bond acceptors (Lipinski definition) is 1. The molecule has 0 unspecified atom stereocenters. The zero-order valence-electron chi connectivity index (χ0n) is 14.7. The highest BCUT2D eigenvalue weighted by Crippen LogP contribution is 2.29. The van der Waals surface area contributed by atoms with E-state index in [4.69, 9.17) is 0 Å². The quantitative estimate of drug-likeness (QED) is 0.725. The zero-order valence-corrected chi connectivity index (χ0v) is 14.7. The Hall–Kier alpha value is -2.81. The molecule has 4 rings (SSSR count). The second-order valence-corrected chi connectivity index (χ2v) is 6.80. The molecule has 3 aromatic rings. The van der Waals surface area contributed by atoms with Gasteiger partial charge in [-0.2, -0.15) is 0 Å². The van der Waals surface area contributed by atoms with Crippen molar-refractivity contribution in [1.29, 1.82) is 0 Å². The summed E-state index contributed by atoms with van der Waals surface area (Å²) in [7, 11) is 0. The maximum absolute atomic E-state index is 12.9. The van der Waals surface area contributed by atoms with Crippen molar-refractivity contribution in [3.05, 3.63) is 77.0 Å². The molecular formula is C22H22N2O. The Balaban J connectivity index is 1.58. The minimum Gasteiger partial charge on any atom is -0.361 e. The summed E-state index contributed by atoms with van der Waals surface area (Å²) in [6.07, 6.45) is 5.17. The molecule has 1 aliphatic heterocycles. The molecule has 1 aliphatic rings. The molecule has 0 aliphatic carbocycles. The Kier molecular flexibility index (Phi) is 3.92. The lowest BCUT2D eigenvalue weighted by Crippen LogP contribution is -2.35. The van der Waals surface area contributed by atoms with Gasteiger partial charge < -0.3 is 9.88 Å². The standard InChI is InChI=1S/C22H22N2O/c1-15-7-8-16(2)19(13-15)22(25)24-11-9-17(10-12-24)20-14-23-21-6-4-3-5-18(20)21/h3-9,13-14,23H,10-12H2,1-2H3. The third kappa shape index (κ3) is 2.86. The fourth-order valence-electron chi connectivity index (χ4n) is 3.57. The SMILES string of the molecule is Cc1ccc(C)c(C(=O)N2CC=C(c3c[nH]c4ccccc34)CC2)c1. The van der Waals surface area contributed by atoms with Crippen molar-refractivity contribution >= 4 is 22.4 Å². The first-order valence-electron chi connectivity index (χ1n) is 8.75. The van der Waals surface area contributed by atoms with Gasteiger partial charge in [0.1, 0.15) is 0 Å². The summed E-state index contributed by atoms with van der Waals surface area (Å²) < 4.78 is 0. The number of benzene rings is 2. The van der Waals surface area contributed by atoms with E-state index in [2.05, 4.69) is 41.5 Å². The van der Waals surface area contributed by atoms with Crippen LogP contribution in [0.15, 0.2) is 54.7 Å². The summed E-state index contributed by atoms with van der Waals surface area (Å²) in [5.41, 5.74) is 6.73. The number of nitrogens with one attached hydrogen (secondary N) is 1. The van der Waals surface area contributed by atoms with Crippen LogP contribution >= 0.6 is 0 Å². The van der Waals surface area contributed by atoms with Crippen LogP contribution in [0, 0.1) is 13.8 Å². The van der Waals surface area contributed by atoms with Crippen molar-refractivity contribution in [2.45, 2.75) is 20.3 Å². The van der Waals surface area contributed by atoms with Crippen LogP contribution in [0.3, 0.4) is 0 Å². The van der Waals surface area contributed by atoms with Crippen LogP contribution in [0.5, 0.6) is 0 Å². The second-order valence-electron chi connectivity index (χ2n) is 6.80. The number of aryl methyl sites for hydroxylation is 2. The molecule has 1 N–H and O–H groups in total. The average Bonchev–Trinajstić information content (AvgIpc) is 3.07. The molecule has 0 radical (unpaired) electrons. The Morgan fingerprint density at radius 3 is 2.76 bits per heavy atom. The van der Waals surface area contributed by atoms with Gasteiger partial charge >= 0.3 is 0 Å². The number of carbonyl (C=O) groups excluding carboxylic acids is 1. The smallest absolute Gasteiger partial charge is 0.254 e. The van der Waals surface area contributed by atoms with Gasteiger partial charge in [-0.05, 0) is 43.5 Å². The van der Waals surface area contributed by atoms with Crippen LogP contribution in [-0.4, -0.2) is 28.9 Å². The molecule has 3 nitrogen and oxygen atoms in total. The van der Waals surface area contributed by atoms with Gasteiger partial charge in [-0.25, -0.2) is 0 Å². The highest BCUT2D eigenvalue weighted by molar-refractivity contribution is 5.97. The topological polar surface area (TPSA) is 36.1 Å². The minimum atomic E-state index is 0.135. The summed E-state index contributed by atoms with van der Waals surface area (Å²) in [6, 6.07) is 14.4. The lowest BCUT2D eigenvalue weighted by Gasteiger charge is -2.27. The Labute approximate surface area is 148 Å². The monoisotopic (exact) mass is 330 g/mol. The third-order valence-corrected chi connectivity index (χ3v) is 5.06. The van der Waals surface area contributed by atoms with Crippen LogP contribution in [0.25, 0.3) is 16.5 Å². The van der Waals surface area contributed by atoms with E-state index >= 15 is 0 Å². The van der Waals surface area contributed by atoms with E-state index in [0.29, 0.717) is 6.54 Å². The number of aromatic nitrogens is 1. The Morgan fingerprint density at radius 1 is 1.12 bits per heavy atom. The highest BCUT2D eigenvalue weighted by Gasteiger charge is 2.21. The molecule has 2 heterocycles. The fourth-order valence-corrected chi connectivity index (χ4v) is 3.57. The van der Waals surface area contributed by atoms with E-state index in [-0.39, 0.29) is 5.91 Å². The maximum atomic E-state index is 12.9. The van der Waals surface area contributed by atoms with Crippen molar-refractivity contribution < 1.29 is 4.79 Å². The first kappa shape index (κ1) is 15.7. The fraction of sp³-hybridized carbons (Fsp3) is 0.227. The van der Waals surface area contributed by atoms with Gasteiger partial charge in [0.05, 0.1) is 0 Å². The molecule has 25 heavy (non-hydrogen) atoms. The number of para-hydroxylation sites is 1. The van der Waals surface area contributed by atoms with Crippen LogP contribution in [0.1, 0.15) is 33.5 Å². The average molecular weight is 330 g/mol. The molecule has 126 valence electrons. The van der Waals surface area contributed by atoms with Crippen LogP contribution in [0.2, 0.25) is 0 Å². The maximum Gasteiger partial charge on any atom is 0.254 e. The zero-order chi connectivity index (χ0) is 17.4. The second kappa shape index (κ2) is 6.25. The molecule has 0 spiro atoms. The van der Waals surface area contributed by atoms with Crippen molar-refractivity contribution in [3.63, 3.8) is 0 Å². The lowest BCUT2D eigenvalue weighted by atomic mass is 9.98. The minimum absolute atomic E-state index is 0.135. The predicted molar refractivity (Wildman–Crippen MR) is 103 cm³/mol. The summed E-state index contributed by atoms with van der Waals surface area (Å²) in [5.74, 6) is 0.135. The van der Waals surface area contributed by atoms with Gasteiger partial charge in [-0.15, -0.1) is 0 Å². The molecule has 0 atom stereocenters. The largest absolute Gasteiger partial charge is 0.361 e. The van der Waals surface area contributed by atoms with Crippen molar-refractivity contribution in [3.8, 4) is 0 Å². The van der Waals surface area contributed by atoms with Gasteiger partial charge in [0.2, 0.25) is 0 Å². The molecule has 0 saturated heterocycles. The van der Waals surface area contributed by atoms with Gasteiger partial charge in [0, 0.05) is 41.3 Å². The van der Waals surface area contributed by atoms with Crippen LogP contribution in [-0.2, 0) is 0 Å². The summed E-state index contributed by atoms with van der Waals surface area (Å²) >= 11 is 0. The van der Waals surface area contributed by atoms with Gasteiger partial charge in [0.25, 0.3) is 5.91 Å². The van der Waals surface area contributed by atoms with Crippen LogP contribution in [0.4, 0.5) is 0 Å². The number of amides is 1. The predicted octanol–water partition coefficient (Wildman–Crippen LogP) is 4.71. The summed E-state index contributed by atoms with van der Waals surface area (Å²) in [6.45, 7) is 5.46. The van der Waals surface area contributed by atoms with E-state index in [1.807, 2.05) is 36.9 Å². The summed E-state index contributed by atoms with van der Waals surface area (Å²) in [4.78, 5) is 18.2. The Morgan fingerprint density at radius 2 is 1.96 bits per heavy atom. The third-order valence-electron chi connectivity index (χ3n) is 5.06. The van der Waals surface area contributed by atoms with Crippen molar-refractivity contribution in [1.82, 2.24) is 9.88 Å². The Bertz CT molecular complexity index is 981. The highest BCUT2D eigenvalue weighted by atomic mass is 16.2. The normalized spacial score (nSPS) is 14.6. The number of fused-ring (bicyclic) bond motifs is 1. The molecule has 1 aromatic heterocycles. The van der Waals surface area contributed by atoms with E-state index in [1.54, 1.807) is 0 Å². The summed E-state index contributed by atoms with van der Waals surface area (Å²) in [5, 5.41) is 1.25. The van der Waals surface area contributed by atoms with E-state index < -0.39 is 0 Å². The molecule has 0 fully saturated rings. The first-order chi connectivity index (χ1) is 12.1. The number of H-pyrrole nitrogens is 1. The molecule has 0 bridgehead atoms. The molecule has 0 saturated carbocycles. The number of aromatic amines is 1. The van der Waals surface area contributed by atoms with Gasteiger partial charge in [0.15, 0.2) is 0 Å². The number of hydrogen-bond donors (Lipinski definition) is 1. The van der Waals surface area contributed by atoms with Crippen LogP contribution < -0.4 is 0 Å². The number of nitrogens with zero attached hydrogens (tertiary/aromatic N) is 1. The number of rotatable bonds is 2. The van der Waals surface area contributed by atoms with Crippen molar-refractivity contribution in [2.24, 2.45) is 0 Å². The molecular weight excluding hydrogens is 308 g/mol. The van der Waals surface area contributed by atoms with Crippen molar-refractivity contribution in [2.75, 3.05) is 13.1 Å². The van der Waals surface area contributed by atoms with E-state index in [9.17, 15) is 4.79 Å². The molecule has 2 aromatic carbocycles. The van der Waals surface area contributed by atoms with Gasteiger partial charge in [-0.3, -0.25) is 4.79 Å². The molecule has 1 amide bonds. The van der Waals surface area contributed by atoms with Gasteiger partial charge in [-0.1, -0.05) is 42.0 Å². The molecule has 3 heteroatoms. The lowest BCUT2D eigenvalue weighted by molar-refractivity contribution is 0.0772. The van der Waals surface area contributed by atoms with E-state index in [0.717, 1.165) is 35.2 Å².